The van der Waals surface area contributed by atoms with Crippen molar-refractivity contribution in [2.75, 3.05) is 0 Å². The maximum atomic E-state index is 13.6. The van der Waals surface area contributed by atoms with Crippen LogP contribution in [0.25, 0.3) is 10.9 Å². The molecule has 0 radical (unpaired) electrons. The molecule has 4 unspecified atom stereocenters. The molecule has 0 saturated heterocycles. The lowest BCUT2D eigenvalue weighted by molar-refractivity contribution is -0.143. The van der Waals surface area contributed by atoms with Gasteiger partial charge in [0.2, 0.25) is 17.7 Å². The number of aliphatic carboxylic acids is 2. The molecule has 1 aromatic heterocycles. The number of carbonyl (C=O) groups is 5. The fraction of sp³-hybridized carbons (Fsp3) is 0.242. The van der Waals surface area contributed by atoms with Gasteiger partial charge in [0.1, 0.15) is 23.9 Å². The van der Waals surface area contributed by atoms with Crippen molar-refractivity contribution in [1.29, 1.82) is 0 Å². The average molecular weight is 630 g/mol. The average Bonchev–Trinajstić information content (AvgIpc) is 3.43. The van der Waals surface area contributed by atoms with Crippen LogP contribution >= 0.6 is 0 Å². The third kappa shape index (κ3) is 9.16. The van der Waals surface area contributed by atoms with Gasteiger partial charge < -0.3 is 42.0 Å². The summed E-state index contributed by atoms with van der Waals surface area (Å²) in [4.78, 5) is 66.8. The highest BCUT2D eigenvalue weighted by molar-refractivity contribution is 5.96. The Labute approximate surface area is 263 Å². The summed E-state index contributed by atoms with van der Waals surface area (Å²) in [6.07, 6.45) is 0.777. The van der Waals surface area contributed by atoms with Crippen LogP contribution in [0.15, 0.2) is 85.1 Å². The molecular weight excluding hydrogens is 594 g/mol. The van der Waals surface area contributed by atoms with Crippen LogP contribution in [0.1, 0.15) is 23.1 Å². The van der Waals surface area contributed by atoms with Gasteiger partial charge in [0.15, 0.2) is 0 Å². The summed E-state index contributed by atoms with van der Waals surface area (Å²) in [5, 5.41) is 37.2. The van der Waals surface area contributed by atoms with E-state index in [1.165, 1.54) is 24.3 Å². The molecular formula is C33H35N5O8. The number of para-hydroxylation sites is 1. The highest BCUT2D eigenvalue weighted by Crippen LogP contribution is 2.19. The number of rotatable bonds is 15. The largest absolute Gasteiger partial charge is 0.508 e. The number of benzene rings is 3. The van der Waals surface area contributed by atoms with E-state index < -0.39 is 60.2 Å². The Morgan fingerprint density at radius 3 is 1.93 bits per heavy atom. The van der Waals surface area contributed by atoms with Gasteiger partial charge in [-0.2, -0.15) is 0 Å². The first kappa shape index (κ1) is 33.2. The fourth-order valence-electron chi connectivity index (χ4n) is 4.97. The van der Waals surface area contributed by atoms with Gasteiger partial charge in [-0.1, -0.05) is 60.7 Å². The second kappa shape index (κ2) is 15.3. The molecule has 13 nitrogen and oxygen atoms in total. The summed E-state index contributed by atoms with van der Waals surface area (Å²) in [6, 6.07) is 16.5. The lowest BCUT2D eigenvalue weighted by atomic mass is 10.0. The van der Waals surface area contributed by atoms with Crippen molar-refractivity contribution in [2.45, 2.75) is 49.9 Å². The predicted molar refractivity (Wildman–Crippen MR) is 168 cm³/mol. The van der Waals surface area contributed by atoms with Gasteiger partial charge in [0, 0.05) is 29.9 Å². The van der Waals surface area contributed by atoms with E-state index in [0.717, 1.165) is 16.5 Å². The molecule has 13 heteroatoms. The number of aromatic hydroxyl groups is 1. The Morgan fingerprint density at radius 2 is 1.26 bits per heavy atom. The summed E-state index contributed by atoms with van der Waals surface area (Å²) in [6.45, 7) is 0. The van der Waals surface area contributed by atoms with Gasteiger partial charge in [0.25, 0.3) is 0 Å². The van der Waals surface area contributed by atoms with Crippen LogP contribution in [0.2, 0.25) is 0 Å². The van der Waals surface area contributed by atoms with E-state index in [1.807, 2.05) is 18.2 Å². The Balaban J connectivity index is 1.52. The first-order chi connectivity index (χ1) is 22.0. The molecule has 3 amide bonds. The van der Waals surface area contributed by atoms with E-state index in [9.17, 15) is 39.3 Å². The summed E-state index contributed by atoms with van der Waals surface area (Å²) in [7, 11) is 0. The zero-order chi connectivity index (χ0) is 33.2. The smallest absolute Gasteiger partial charge is 0.326 e. The van der Waals surface area contributed by atoms with E-state index in [2.05, 4.69) is 20.9 Å². The first-order valence-electron chi connectivity index (χ1n) is 14.5. The summed E-state index contributed by atoms with van der Waals surface area (Å²) in [5.74, 6) is -5.33. The lowest BCUT2D eigenvalue weighted by Gasteiger charge is -2.25. The number of aromatic nitrogens is 1. The number of nitrogens with two attached hydrogens (primary N) is 1. The minimum absolute atomic E-state index is 0.0328. The molecule has 0 saturated carbocycles. The van der Waals surface area contributed by atoms with E-state index in [4.69, 9.17) is 5.73 Å². The standard InChI is InChI=1S/C33H35N5O8/c34-24(14-19-6-2-1-3-7-19)30(42)36-27(17-29(40)41)32(44)37-26(15-20-10-12-22(39)13-11-20)31(43)38-28(33(45)46)16-21-18-35-25-9-5-4-8-23(21)25/h1-13,18,24,26-28,35,39H,14-17,34H2,(H,36,42)(H,37,44)(H,38,43)(H,40,41)(H,45,46). The quantitative estimate of drug-likeness (QED) is 0.0946. The summed E-state index contributed by atoms with van der Waals surface area (Å²) >= 11 is 0. The Kier molecular flexibility index (Phi) is 11.1. The predicted octanol–water partition coefficient (Wildman–Crippen LogP) is 1.24. The highest BCUT2D eigenvalue weighted by Gasteiger charge is 2.32. The van der Waals surface area contributed by atoms with Crippen LogP contribution in [0.5, 0.6) is 5.75 Å². The van der Waals surface area contributed by atoms with Crippen molar-refractivity contribution in [3.05, 3.63) is 102 Å². The number of hydrogen-bond acceptors (Lipinski definition) is 7. The number of aromatic amines is 1. The van der Waals surface area contributed by atoms with Crippen LogP contribution in [0.4, 0.5) is 0 Å². The van der Waals surface area contributed by atoms with Gasteiger partial charge >= 0.3 is 11.9 Å². The molecule has 4 aromatic rings. The van der Waals surface area contributed by atoms with Crippen molar-refractivity contribution < 1.29 is 39.3 Å². The number of H-pyrrole nitrogens is 1. The molecule has 0 aliphatic heterocycles. The number of hydrogen-bond donors (Lipinski definition) is 8. The number of carbonyl (C=O) groups excluding carboxylic acids is 3. The van der Waals surface area contributed by atoms with Gasteiger partial charge in [0.05, 0.1) is 12.5 Å². The number of nitrogens with one attached hydrogen (secondary N) is 4. The molecule has 4 atom stereocenters. The van der Waals surface area contributed by atoms with E-state index in [1.54, 1.807) is 42.6 Å². The first-order valence-corrected chi connectivity index (χ1v) is 14.5. The SMILES string of the molecule is NC(Cc1ccccc1)C(=O)NC(CC(=O)O)C(=O)NC(Cc1ccc(O)cc1)C(=O)NC(Cc1c[nH]c2ccccc12)C(=O)O. The normalized spacial score (nSPS) is 13.6. The fourth-order valence-corrected chi connectivity index (χ4v) is 4.97. The van der Waals surface area contributed by atoms with E-state index >= 15 is 0 Å². The zero-order valence-corrected chi connectivity index (χ0v) is 24.7. The Hall–Kier alpha value is -5.69. The summed E-state index contributed by atoms with van der Waals surface area (Å²) < 4.78 is 0. The number of fused-ring (bicyclic) bond motifs is 1. The molecule has 240 valence electrons. The topological polar surface area (TPSA) is 224 Å². The van der Waals surface area contributed by atoms with Gasteiger partial charge in [-0.05, 0) is 41.3 Å². The van der Waals surface area contributed by atoms with E-state index in [0.29, 0.717) is 11.1 Å². The molecule has 0 spiro atoms. The Bertz CT molecular complexity index is 1690. The van der Waals surface area contributed by atoms with Crippen LogP contribution in [-0.2, 0) is 43.2 Å². The van der Waals surface area contributed by atoms with Gasteiger partial charge in [-0.3, -0.25) is 19.2 Å². The summed E-state index contributed by atoms with van der Waals surface area (Å²) in [5.41, 5.74) is 8.74. The van der Waals surface area contributed by atoms with Crippen LogP contribution in [-0.4, -0.2) is 74.1 Å². The second-order valence-electron chi connectivity index (χ2n) is 10.9. The van der Waals surface area contributed by atoms with Crippen molar-refractivity contribution in [3.63, 3.8) is 0 Å². The highest BCUT2D eigenvalue weighted by atomic mass is 16.4. The van der Waals surface area contributed by atoms with Crippen LogP contribution in [0, 0.1) is 0 Å². The maximum absolute atomic E-state index is 13.6. The molecule has 4 rings (SSSR count). The number of carboxylic acids is 2. The maximum Gasteiger partial charge on any atom is 0.326 e. The minimum Gasteiger partial charge on any atom is -0.508 e. The molecule has 0 aliphatic carbocycles. The zero-order valence-electron chi connectivity index (χ0n) is 24.7. The van der Waals surface area contributed by atoms with Gasteiger partial charge in [-0.15, -0.1) is 0 Å². The molecule has 9 N–H and O–H groups in total. The third-order valence-corrected chi connectivity index (χ3v) is 7.37. The number of amides is 3. The van der Waals surface area contributed by atoms with Crippen LogP contribution < -0.4 is 21.7 Å². The number of phenols is 1. The van der Waals surface area contributed by atoms with Crippen molar-refractivity contribution >= 4 is 40.6 Å². The Morgan fingerprint density at radius 1 is 0.674 bits per heavy atom. The van der Waals surface area contributed by atoms with Crippen molar-refractivity contribution in [3.8, 4) is 5.75 Å². The van der Waals surface area contributed by atoms with Gasteiger partial charge in [-0.25, -0.2) is 4.79 Å². The number of phenolic OH excluding ortho intramolecular Hbond substituents is 1. The minimum atomic E-state index is -1.59. The molecule has 0 fully saturated rings. The second-order valence-corrected chi connectivity index (χ2v) is 10.9. The third-order valence-electron chi connectivity index (χ3n) is 7.37. The lowest BCUT2D eigenvalue weighted by Crippen LogP contribution is -2.58. The molecule has 1 heterocycles. The van der Waals surface area contributed by atoms with Crippen molar-refractivity contribution in [1.82, 2.24) is 20.9 Å². The molecule has 0 aliphatic rings. The van der Waals surface area contributed by atoms with E-state index in [-0.39, 0.29) is 25.0 Å². The molecule has 46 heavy (non-hydrogen) atoms. The number of carboxylic acid groups (broad SMARTS) is 2. The molecule has 0 bridgehead atoms. The van der Waals surface area contributed by atoms with Crippen LogP contribution in [0.3, 0.4) is 0 Å². The molecule has 3 aromatic carbocycles. The van der Waals surface area contributed by atoms with Crippen molar-refractivity contribution in [2.24, 2.45) is 5.73 Å². The monoisotopic (exact) mass is 629 g/mol.